The Bertz CT molecular complexity index is 372. The van der Waals surface area contributed by atoms with E-state index < -0.39 is 23.5 Å². The van der Waals surface area contributed by atoms with Crippen LogP contribution in [-0.2, 0) is 11.0 Å². The SMILES string of the molecule is CCCC(=O)Oc1ccccc1C(F)(F)F. The van der Waals surface area contributed by atoms with Gasteiger partial charge in [0.05, 0.1) is 5.56 Å². The average molecular weight is 232 g/mol. The number of alkyl halides is 3. The zero-order valence-corrected chi connectivity index (χ0v) is 8.67. The van der Waals surface area contributed by atoms with Crippen molar-refractivity contribution in [3.05, 3.63) is 29.8 Å². The van der Waals surface area contributed by atoms with E-state index in [1.165, 1.54) is 12.1 Å². The molecule has 1 aromatic carbocycles. The van der Waals surface area contributed by atoms with Crippen molar-refractivity contribution < 1.29 is 22.7 Å². The van der Waals surface area contributed by atoms with Gasteiger partial charge < -0.3 is 4.74 Å². The summed E-state index contributed by atoms with van der Waals surface area (Å²) in [7, 11) is 0. The lowest BCUT2D eigenvalue weighted by molar-refractivity contribution is -0.142. The number of carbonyl (C=O) groups excluding carboxylic acids is 1. The van der Waals surface area contributed by atoms with E-state index in [-0.39, 0.29) is 6.42 Å². The van der Waals surface area contributed by atoms with Crippen molar-refractivity contribution in [2.75, 3.05) is 0 Å². The highest BCUT2D eigenvalue weighted by Gasteiger charge is 2.34. The Kier molecular flexibility index (Phi) is 3.93. The molecule has 0 saturated heterocycles. The number of esters is 1. The number of ether oxygens (including phenoxy) is 1. The summed E-state index contributed by atoms with van der Waals surface area (Å²) in [4.78, 5) is 11.1. The molecule has 0 aliphatic heterocycles. The molecule has 1 rings (SSSR count). The van der Waals surface area contributed by atoms with Gasteiger partial charge >= 0.3 is 12.1 Å². The summed E-state index contributed by atoms with van der Waals surface area (Å²) in [6.07, 6.45) is -3.87. The molecule has 88 valence electrons. The van der Waals surface area contributed by atoms with Gasteiger partial charge in [-0.3, -0.25) is 4.79 Å². The van der Waals surface area contributed by atoms with Crippen molar-refractivity contribution in [3.63, 3.8) is 0 Å². The molecule has 2 nitrogen and oxygen atoms in total. The number of hydrogen-bond donors (Lipinski definition) is 0. The van der Waals surface area contributed by atoms with Gasteiger partial charge in [0.25, 0.3) is 0 Å². The molecule has 16 heavy (non-hydrogen) atoms. The van der Waals surface area contributed by atoms with Gasteiger partial charge in [-0.25, -0.2) is 0 Å². The minimum absolute atomic E-state index is 0.103. The van der Waals surface area contributed by atoms with Gasteiger partial charge in [0.15, 0.2) is 0 Å². The van der Waals surface area contributed by atoms with Gasteiger partial charge in [-0.05, 0) is 18.6 Å². The van der Waals surface area contributed by atoms with Crippen LogP contribution in [0.25, 0.3) is 0 Å². The van der Waals surface area contributed by atoms with Gasteiger partial charge in [0, 0.05) is 6.42 Å². The second kappa shape index (κ2) is 5.01. The maximum Gasteiger partial charge on any atom is 0.419 e. The minimum Gasteiger partial charge on any atom is -0.426 e. The molecule has 5 heteroatoms. The second-order valence-corrected chi connectivity index (χ2v) is 3.22. The van der Waals surface area contributed by atoms with Crippen LogP contribution in [0.3, 0.4) is 0 Å². The summed E-state index contributed by atoms with van der Waals surface area (Å²) in [5, 5.41) is 0. The number of rotatable bonds is 3. The lowest BCUT2D eigenvalue weighted by atomic mass is 10.2. The van der Waals surface area contributed by atoms with Crippen LogP contribution in [0.4, 0.5) is 13.2 Å². The summed E-state index contributed by atoms with van der Waals surface area (Å²) in [5.74, 6) is -1.09. The molecule has 0 aliphatic carbocycles. The van der Waals surface area contributed by atoms with E-state index in [0.29, 0.717) is 6.42 Å². The largest absolute Gasteiger partial charge is 0.426 e. The van der Waals surface area contributed by atoms with Crippen molar-refractivity contribution in [2.24, 2.45) is 0 Å². The van der Waals surface area contributed by atoms with E-state index in [1.807, 2.05) is 0 Å². The third kappa shape index (κ3) is 3.25. The standard InChI is InChI=1S/C11H11F3O2/c1-2-5-10(15)16-9-7-4-3-6-8(9)11(12,13)14/h3-4,6-7H,2,5H2,1H3. The lowest BCUT2D eigenvalue weighted by Gasteiger charge is -2.11. The normalized spacial score (nSPS) is 11.2. The van der Waals surface area contributed by atoms with Gasteiger partial charge in [0.1, 0.15) is 5.75 Å². The zero-order chi connectivity index (χ0) is 12.2. The molecule has 1 aromatic rings. The van der Waals surface area contributed by atoms with Crippen molar-refractivity contribution in [3.8, 4) is 5.75 Å². The highest BCUT2D eigenvalue weighted by molar-refractivity contribution is 5.72. The first-order valence-corrected chi connectivity index (χ1v) is 4.82. The maximum absolute atomic E-state index is 12.5. The van der Waals surface area contributed by atoms with Crippen LogP contribution in [0.2, 0.25) is 0 Å². The highest BCUT2D eigenvalue weighted by atomic mass is 19.4. The fraction of sp³-hybridized carbons (Fsp3) is 0.364. The summed E-state index contributed by atoms with van der Waals surface area (Å²) >= 11 is 0. The molecule has 0 radical (unpaired) electrons. The second-order valence-electron chi connectivity index (χ2n) is 3.22. The Morgan fingerprint density at radius 1 is 1.31 bits per heavy atom. The lowest BCUT2D eigenvalue weighted by Crippen LogP contribution is -2.13. The van der Waals surface area contributed by atoms with Crippen LogP contribution >= 0.6 is 0 Å². The van der Waals surface area contributed by atoms with Crippen LogP contribution < -0.4 is 4.74 Å². The Hall–Kier alpha value is -1.52. The number of hydrogen-bond acceptors (Lipinski definition) is 2. The summed E-state index contributed by atoms with van der Waals surface area (Å²) < 4.78 is 42.1. The molecule has 0 spiro atoms. The third-order valence-corrected chi connectivity index (χ3v) is 1.87. The van der Waals surface area contributed by atoms with Crippen molar-refractivity contribution >= 4 is 5.97 Å². The van der Waals surface area contributed by atoms with E-state index in [2.05, 4.69) is 4.74 Å². The predicted molar refractivity (Wildman–Crippen MR) is 52.0 cm³/mol. The Morgan fingerprint density at radius 3 is 2.50 bits per heavy atom. The summed E-state index contributed by atoms with van der Waals surface area (Å²) in [6.45, 7) is 1.75. The van der Waals surface area contributed by atoms with Gasteiger partial charge in [-0.2, -0.15) is 13.2 Å². The smallest absolute Gasteiger partial charge is 0.419 e. The predicted octanol–water partition coefficient (Wildman–Crippen LogP) is 3.41. The Morgan fingerprint density at radius 2 is 1.94 bits per heavy atom. The van der Waals surface area contributed by atoms with Crippen LogP contribution in [-0.4, -0.2) is 5.97 Å². The minimum atomic E-state index is -4.51. The molecule has 0 N–H and O–H groups in total. The van der Waals surface area contributed by atoms with Crippen molar-refractivity contribution in [1.82, 2.24) is 0 Å². The van der Waals surface area contributed by atoms with E-state index in [9.17, 15) is 18.0 Å². The fourth-order valence-electron chi connectivity index (χ4n) is 1.17. The third-order valence-electron chi connectivity index (χ3n) is 1.87. The first kappa shape index (κ1) is 12.5. The number of carbonyl (C=O) groups is 1. The van der Waals surface area contributed by atoms with Crippen molar-refractivity contribution in [1.29, 1.82) is 0 Å². The molecule has 0 amide bonds. The molecule has 0 unspecified atom stereocenters. The Balaban J connectivity index is 2.92. The fourth-order valence-corrected chi connectivity index (χ4v) is 1.17. The first-order chi connectivity index (χ1) is 7.45. The summed E-state index contributed by atoms with van der Waals surface area (Å²) in [6, 6.07) is 4.66. The van der Waals surface area contributed by atoms with E-state index in [1.54, 1.807) is 6.92 Å². The summed E-state index contributed by atoms with van der Waals surface area (Å²) in [5.41, 5.74) is -0.931. The van der Waals surface area contributed by atoms with Crippen LogP contribution in [0, 0.1) is 0 Å². The van der Waals surface area contributed by atoms with Crippen LogP contribution in [0.5, 0.6) is 5.75 Å². The molecule has 0 atom stereocenters. The molecular formula is C11H11F3O2. The van der Waals surface area contributed by atoms with Crippen LogP contribution in [0.1, 0.15) is 25.3 Å². The van der Waals surface area contributed by atoms with Crippen molar-refractivity contribution in [2.45, 2.75) is 25.9 Å². The van der Waals surface area contributed by atoms with Gasteiger partial charge in [0.2, 0.25) is 0 Å². The molecule has 0 saturated carbocycles. The molecule has 0 aromatic heterocycles. The topological polar surface area (TPSA) is 26.3 Å². The molecule has 0 bridgehead atoms. The number of para-hydroxylation sites is 1. The molecule has 0 fully saturated rings. The molecule has 0 aliphatic rings. The highest BCUT2D eigenvalue weighted by Crippen LogP contribution is 2.35. The monoisotopic (exact) mass is 232 g/mol. The zero-order valence-electron chi connectivity index (χ0n) is 8.67. The van der Waals surface area contributed by atoms with Crippen LogP contribution in [0.15, 0.2) is 24.3 Å². The van der Waals surface area contributed by atoms with E-state index >= 15 is 0 Å². The quantitative estimate of drug-likeness (QED) is 0.589. The molecular weight excluding hydrogens is 221 g/mol. The van der Waals surface area contributed by atoms with Gasteiger partial charge in [-0.15, -0.1) is 0 Å². The number of benzene rings is 1. The maximum atomic E-state index is 12.5. The average Bonchev–Trinajstić information content (AvgIpc) is 2.17. The van der Waals surface area contributed by atoms with Gasteiger partial charge in [-0.1, -0.05) is 19.1 Å². The molecule has 0 heterocycles. The van der Waals surface area contributed by atoms with E-state index in [4.69, 9.17) is 0 Å². The number of halogens is 3. The van der Waals surface area contributed by atoms with E-state index in [0.717, 1.165) is 12.1 Å². The Labute approximate surface area is 91.0 Å². The first-order valence-electron chi connectivity index (χ1n) is 4.82.